The first-order chi connectivity index (χ1) is 19.4. The minimum atomic E-state index is -0.395. The second-order valence-electron chi connectivity index (χ2n) is 8.85. The zero-order valence-corrected chi connectivity index (χ0v) is 23.0. The Kier molecular flexibility index (Phi) is 9.76. The summed E-state index contributed by atoms with van der Waals surface area (Å²) in [6.07, 6.45) is 0. The Morgan fingerprint density at radius 3 is 2.10 bits per heavy atom. The van der Waals surface area contributed by atoms with Crippen LogP contribution >= 0.6 is 11.6 Å². The van der Waals surface area contributed by atoms with Gasteiger partial charge in [-0.1, -0.05) is 11.6 Å². The molecule has 1 aliphatic rings. The average molecular weight is 570 g/mol. The highest BCUT2D eigenvalue weighted by atomic mass is 35.5. The summed E-state index contributed by atoms with van der Waals surface area (Å²) in [7, 11) is 3.09. The minimum Gasteiger partial charge on any atom is -0.497 e. The number of halogens is 1. The number of rotatable bonds is 9. The molecule has 3 aromatic carbocycles. The SMILES string of the molecule is COc1cc(NC(=O)Nc2ccc(N3CCN(C(=O)Nc4cc(OCCO)ccc4Cl)CC3)cc2)cc(OC)c1. The predicted molar refractivity (Wildman–Crippen MR) is 155 cm³/mol. The van der Waals surface area contributed by atoms with E-state index in [9.17, 15) is 9.59 Å². The van der Waals surface area contributed by atoms with Crippen LogP contribution in [0, 0.1) is 0 Å². The van der Waals surface area contributed by atoms with Crippen LogP contribution in [0.3, 0.4) is 0 Å². The van der Waals surface area contributed by atoms with Gasteiger partial charge in [0, 0.05) is 67.5 Å². The monoisotopic (exact) mass is 569 g/mol. The van der Waals surface area contributed by atoms with Crippen molar-refractivity contribution >= 4 is 46.4 Å². The molecular weight excluding hydrogens is 538 g/mol. The molecule has 4 amide bonds. The number of carbonyl (C=O) groups excluding carboxylic acids is 2. The van der Waals surface area contributed by atoms with Gasteiger partial charge in [-0.3, -0.25) is 0 Å². The van der Waals surface area contributed by atoms with Gasteiger partial charge in [-0.2, -0.15) is 0 Å². The van der Waals surface area contributed by atoms with Crippen molar-refractivity contribution in [2.24, 2.45) is 0 Å². The number of nitrogens with one attached hydrogen (secondary N) is 3. The number of hydrogen-bond donors (Lipinski definition) is 4. The molecule has 0 spiro atoms. The summed E-state index contributed by atoms with van der Waals surface area (Å²) >= 11 is 6.24. The van der Waals surface area contributed by atoms with Crippen molar-refractivity contribution in [1.29, 1.82) is 0 Å². The molecule has 1 fully saturated rings. The first kappa shape index (κ1) is 28.7. The van der Waals surface area contributed by atoms with Gasteiger partial charge in [-0.25, -0.2) is 9.59 Å². The molecule has 3 aromatic rings. The molecule has 4 rings (SSSR count). The Balaban J connectivity index is 1.27. The number of carbonyl (C=O) groups is 2. The molecule has 0 atom stereocenters. The molecule has 12 heteroatoms. The van der Waals surface area contributed by atoms with Crippen molar-refractivity contribution in [2.45, 2.75) is 0 Å². The standard InChI is InChI=1S/C28H32ClN5O6/c1-38-23-15-20(16-24(17-23)39-2)31-27(36)30-19-3-5-21(6-4-19)33-9-11-34(12-10-33)28(37)32-26-18-22(40-14-13-35)7-8-25(26)29/h3-8,15-18,35H,9-14H2,1-2H3,(H,32,37)(H2,30,31,36). The van der Waals surface area contributed by atoms with E-state index < -0.39 is 6.03 Å². The average Bonchev–Trinajstić information content (AvgIpc) is 2.97. The third kappa shape index (κ3) is 7.61. The van der Waals surface area contributed by atoms with Crippen LogP contribution in [-0.2, 0) is 0 Å². The Labute approximate surface area is 237 Å². The van der Waals surface area contributed by atoms with Crippen LogP contribution in [0.15, 0.2) is 60.7 Å². The molecule has 11 nitrogen and oxygen atoms in total. The van der Waals surface area contributed by atoms with Crippen molar-refractivity contribution < 1.29 is 28.9 Å². The van der Waals surface area contributed by atoms with E-state index in [2.05, 4.69) is 20.9 Å². The normalized spacial score (nSPS) is 12.9. The van der Waals surface area contributed by atoms with Crippen LogP contribution in [-0.4, -0.2) is 75.7 Å². The lowest BCUT2D eigenvalue weighted by Crippen LogP contribution is -2.50. The van der Waals surface area contributed by atoms with Gasteiger partial charge in [0.2, 0.25) is 0 Å². The second-order valence-corrected chi connectivity index (χ2v) is 9.25. The smallest absolute Gasteiger partial charge is 0.323 e. The lowest BCUT2D eigenvalue weighted by Gasteiger charge is -2.36. The lowest BCUT2D eigenvalue weighted by atomic mass is 10.2. The van der Waals surface area contributed by atoms with Crippen LogP contribution in [0.5, 0.6) is 17.2 Å². The van der Waals surface area contributed by atoms with Crippen molar-refractivity contribution in [1.82, 2.24) is 4.90 Å². The molecule has 1 aliphatic heterocycles. The molecule has 1 heterocycles. The fraction of sp³-hybridized carbons (Fsp3) is 0.286. The third-order valence-corrected chi connectivity index (χ3v) is 6.54. The van der Waals surface area contributed by atoms with Gasteiger partial charge in [-0.05, 0) is 36.4 Å². The van der Waals surface area contributed by atoms with E-state index in [1.54, 1.807) is 55.5 Å². The molecular formula is C28H32ClN5O6. The highest BCUT2D eigenvalue weighted by Gasteiger charge is 2.22. The summed E-state index contributed by atoms with van der Waals surface area (Å²) in [6, 6.07) is 16.9. The Morgan fingerprint density at radius 1 is 0.825 bits per heavy atom. The van der Waals surface area contributed by atoms with Crippen molar-refractivity contribution in [3.05, 3.63) is 65.7 Å². The molecule has 1 saturated heterocycles. The van der Waals surface area contributed by atoms with Crippen molar-refractivity contribution in [3.63, 3.8) is 0 Å². The number of amides is 4. The maximum Gasteiger partial charge on any atom is 0.323 e. The Morgan fingerprint density at radius 2 is 1.48 bits per heavy atom. The fourth-order valence-corrected chi connectivity index (χ4v) is 4.31. The van der Waals surface area contributed by atoms with Gasteiger partial charge >= 0.3 is 12.1 Å². The second kappa shape index (κ2) is 13.6. The van der Waals surface area contributed by atoms with Crippen molar-refractivity contribution in [3.8, 4) is 17.2 Å². The Bertz CT molecular complexity index is 1290. The molecule has 0 aromatic heterocycles. The van der Waals surface area contributed by atoms with Crippen LogP contribution < -0.4 is 35.1 Å². The summed E-state index contributed by atoms with van der Waals surface area (Å²) < 4.78 is 15.9. The first-order valence-electron chi connectivity index (χ1n) is 12.6. The van der Waals surface area contributed by atoms with E-state index in [-0.39, 0.29) is 19.2 Å². The van der Waals surface area contributed by atoms with E-state index in [1.165, 1.54) is 0 Å². The number of aliphatic hydroxyl groups excluding tert-OH is 1. The minimum absolute atomic E-state index is 0.108. The van der Waals surface area contributed by atoms with Gasteiger partial charge in [0.05, 0.1) is 31.5 Å². The van der Waals surface area contributed by atoms with E-state index in [1.807, 2.05) is 24.3 Å². The number of benzene rings is 3. The molecule has 0 saturated carbocycles. The Hall–Kier alpha value is -4.35. The number of hydrogen-bond acceptors (Lipinski definition) is 7. The quantitative estimate of drug-likeness (QED) is 0.294. The summed E-state index contributed by atoms with van der Waals surface area (Å²) in [5.74, 6) is 1.64. The number of aliphatic hydroxyl groups is 1. The number of piperazine rings is 1. The van der Waals surface area contributed by atoms with Gasteiger partial charge in [0.25, 0.3) is 0 Å². The lowest BCUT2D eigenvalue weighted by molar-refractivity contribution is 0.201. The molecule has 0 bridgehead atoms. The largest absolute Gasteiger partial charge is 0.497 e. The summed E-state index contributed by atoms with van der Waals surface area (Å²) in [5.41, 5.74) is 2.61. The number of nitrogens with zero attached hydrogens (tertiary/aromatic N) is 2. The van der Waals surface area contributed by atoms with Gasteiger partial charge < -0.3 is 45.1 Å². The van der Waals surface area contributed by atoms with Gasteiger partial charge in [0.15, 0.2) is 0 Å². The number of urea groups is 2. The molecule has 0 aliphatic carbocycles. The fourth-order valence-electron chi connectivity index (χ4n) is 4.14. The first-order valence-corrected chi connectivity index (χ1v) is 13.0. The molecule has 212 valence electrons. The highest BCUT2D eigenvalue weighted by molar-refractivity contribution is 6.33. The van der Waals surface area contributed by atoms with Crippen molar-refractivity contribution in [2.75, 3.05) is 74.5 Å². The van der Waals surface area contributed by atoms with Gasteiger partial charge in [-0.15, -0.1) is 0 Å². The molecule has 0 unspecified atom stereocenters. The van der Waals surface area contributed by atoms with E-state index in [4.69, 9.17) is 30.9 Å². The van der Waals surface area contributed by atoms with E-state index in [0.29, 0.717) is 65.5 Å². The van der Waals surface area contributed by atoms with Crippen LogP contribution in [0.1, 0.15) is 0 Å². The summed E-state index contributed by atoms with van der Waals surface area (Å²) in [4.78, 5) is 29.2. The molecule has 4 N–H and O–H groups in total. The maximum atomic E-state index is 12.8. The summed E-state index contributed by atoms with van der Waals surface area (Å²) in [5, 5.41) is 17.8. The highest BCUT2D eigenvalue weighted by Crippen LogP contribution is 2.28. The zero-order chi connectivity index (χ0) is 28.5. The zero-order valence-electron chi connectivity index (χ0n) is 22.3. The predicted octanol–water partition coefficient (Wildman–Crippen LogP) is 4.73. The van der Waals surface area contributed by atoms with Crippen LogP contribution in [0.4, 0.5) is 32.3 Å². The summed E-state index contributed by atoms with van der Waals surface area (Å²) in [6.45, 7) is 2.38. The maximum absolute atomic E-state index is 12.8. The van der Waals surface area contributed by atoms with Crippen LogP contribution in [0.25, 0.3) is 0 Å². The van der Waals surface area contributed by atoms with E-state index in [0.717, 1.165) is 5.69 Å². The molecule has 40 heavy (non-hydrogen) atoms. The third-order valence-electron chi connectivity index (χ3n) is 6.21. The number of ether oxygens (including phenoxy) is 3. The number of methoxy groups -OCH3 is 2. The topological polar surface area (TPSA) is 125 Å². The number of anilines is 4. The van der Waals surface area contributed by atoms with Crippen LogP contribution in [0.2, 0.25) is 5.02 Å². The molecule has 0 radical (unpaired) electrons. The van der Waals surface area contributed by atoms with E-state index >= 15 is 0 Å². The van der Waals surface area contributed by atoms with Gasteiger partial charge in [0.1, 0.15) is 23.9 Å².